The molecule has 0 unspecified atom stereocenters. The van der Waals surface area contributed by atoms with Gasteiger partial charge >= 0.3 is 0 Å². The van der Waals surface area contributed by atoms with Crippen LogP contribution in [0.2, 0.25) is 0 Å². The van der Waals surface area contributed by atoms with Gasteiger partial charge in [-0.2, -0.15) is 0 Å². The highest BCUT2D eigenvalue weighted by atomic mass is 32.3. The van der Waals surface area contributed by atoms with Gasteiger partial charge in [0.15, 0.2) is 0 Å². The van der Waals surface area contributed by atoms with Crippen molar-refractivity contribution in [3.8, 4) is 0 Å². The van der Waals surface area contributed by atoms with Crippen molar-refractivity contribution in [2.24, 2.45) is 0 Å². The highest BCUT2D eigenvalue weighted by molar-refractivity contribution is 8.43. The first-order valence-electron chi connectivity index (χ1n) is 7.90. The van der Waals surface area contributed by atoms with Crippen LogP contribution in [0.1, 0.15) is 32.1 Å². The molecule has 1 fully saturated rings. The zero-order valence-electron chi connectivity index (χ0n) is 12.4. The van der Waals surface area contributed by atoms with Gasteiger partial charge in [-0.05, 0) is 36.4 Å². The van der Waals surface area contributed by atoms with E-state index in [0.29, 0.717) is 13.2 Å². The van der Waals surface area contributed by atoms with Crippen molar-refractivity contribution < 1.29 is 9.47 Å². The Kier molecular flexibility index (Phi) is 4.84. The third-order valence-corrected chi connectivity index (χ3v) is 13.5. The number of thioether (sulfide) groups is 6. The predicted molar refractivity (Wildman–Crippen MR) is 109 cm³/mol. The largest absolute Gasteiger partial charge is 0.480 e. The van der Waals surface area contributed by atoms with Gasteiger partial charge in [-0.1, -0.05) is 42.8 Å². The van der Waals surface area contributed by atoms with E-state index in [0.717, 1.165) is 20.7 Å². The second kappa shape index (κ2) is 6.91. The van der Waals surface area contributed by atoms with E-state index in [1.165, 1.54) is 40.6 Å². The van der Waals surface area contributed by atoms with E-state index >= 15 is 0 Å². The average Bonchev–Trinajstić information content (AvgIpc) is 3.10. The lowest BCUT2D eigenvalue weighted by atomic mass is 10.2. The molecule has 0 aromatic rings. The van der Waals surface area contributed by atoms with Crippen molar-refractivity contribution in [2.75, 3.05) is 13.2 Å². The number of hydrogen-bond donors (Lipinski definition) is 0. The van der Waals surface area contributed by atoms with Gasteiger partial charge in [0.05, 0.1) is 16.9 Å². The molecule has 0 aromatic carbocycles. The summed E-state index contributed by atoms with van der Waals surface area (Å²) in [4.78, 5) is 0. The van der Waals surface area contributed by atoms with E-state index in [2.05, 4.69) is 23.5 Å². The second-order valence-corrected chi connectivity index (χ2v) is 13.3. The molecule has 23 heavy (non-hydrogen) atoms. The van der Waals surface area contributed by atoms with Crippen LogP contribution in [0.15, 0.2) is 27.1 Å². The molecule has 5 rings (SSSR count). The van der Waals surface area contributed by atoms with E-state index in [4.69, 9.17) is 9.47 Å². The molecule has 0 N–H and O–H groups in total. The molecule has 124 valence electrons. The van der Waals surface area contributed by atoms with Gasteiger partial charge in [-0.3, -0.25) is 0 Å². The molecule has 1 saturated carbocycles. The van der Waals surface area contributed by atoms with Crippen molar-refractivity contribution in [1.82, 2.24) is 0 Å². The maximum absolute atomic E-state index is 5.72. The molecule has 0 spiro atoms. The summed E-state index contributed by atoms with van der Waals surface area (Å²) in [6, 6.07) is 0. The molecule has 2 nitrogen and oxygen atoms in total. The second-order valence-electron chi connectivity index (χ2n) is 5.78. The highest BCUT2D eigenvalue weighted by Gasteiger charge is 2.39. The minimum atomic E-state index is 0.680. The fraction of sp³-hybridized carbons (Fsp3) is 0.600. The number of ether oxygens (including phenoxy) is 2. The SMILES string of the molecule is C1CC[C@@H]2SC3=C(SC(=C4SC5=C(OCCO5)S4)S3)S[C@@H]2CC1. The summed E-state index contributed by atoms with van der Waals surface area (Å²) in [5.41, 5.74) is 0. The van der Waals surface area contributed by atoms with Crippen molar-refractivity contribution in [1.29, 1.82) is 0 Å². The molecule has 8 heteroatoms. The van der Waals surface area contributed by atoms with Crippen LogP contribution in [0.3, 0.4) is 0 Å². The van der Waals surface area contributed by atoms with Crippen molar-refractivity contribution in [3.05, 3.63) is 27.1 Å². The maximum Gasteiger partial charge on any atom is 0.208 e. The minimum absolute atomic E-state index is 0.680. The van der Waals surface area contributed by atoms with Crippen LogP contribution in [-0.4, -0.2) is 23.7 Å². The predicted octanol–water partition coefficient (Wildman–Crippen LogP) is 6.55. The highest BCUT2D eigenvalue weighted by Crippen LogP contribution is 2.67. The van der Waals surface area contributed by atoms with Crippen molar-refractivity contribution >= 4 is 70.6 Å². The van der Waals surface area contributed by atoms with Crippen LogP contribution in [0.5, 0.6) is 0 Å². The Hall–Kier alpha value is 0.920. The van der Waals surface area contributed by atoms with Crippen molar-refractivity contribution in [2.45, 2.75) is 42.6 Å². The fourth-order valence-electron chi connectivity index (χ4n) is 3.09. The van der Waals surface area contributed by atoms with Gasteiger partial charge in [0, 0.05) is 10.5 Å². The van der Waals surface area contributed by atoms with Gasteiger partial charge in [0.25, 0.3) is 0 Å². The first-order valence-corrected chi connectivity index (χ1v) is 12.9. The fourth-order valence-corrected chi connectivity index (χ4v) is 12.6. The summed E-state index contributed by atoms with van der Waals surface area (Å²) >= 11 is 11.8. The summed E-state index contributed by atoms with van der Waals surface area (Å²) in [5, 5.41) is 3.61. The number of hydrogen-bond acceptors (Lipinski definition) is 8. The first-order chi connectivity index (χ1) is 11.4. The molecule has 1 aliphatic carbocycles. The van der Waals surface area contributed by atoms with Crippen LogP contribution in [0.4, 0.5) is 0 Å². The molecule has 0 bridgehead atoms. The van der Waals surface area contributed by atoms with Crippen LogP contribution < -0.4 is 0 Å². The van der Waals surface area contributed by atoms with E-state index in [1.807, 2.05) is 23.5 Å². The summed E-state index contributed by atoms with van der Waals surface area (Å²) < 4.78 is 17.3. The summed E-state index contributed by atoms with van der Waals surface area (Å²) in [6.07, 6.45) is 7.06. The Bertz CT molecular complexity index is 577. The molecular formula is C15H16O2S6. The van der Waals surface area contributed by atoms with Crippen LogP contribution in [-0.2, 0) is 9.47 Å². The van der Waals surface area contributed by atoms with Gasteiger partial charge < -0.3 is 9.47 Å². The van der Waals surface area contributed by atoms with Crippen LogP contribution in [0.25, 0.3) is 0 Å². The van der Waals surface area contributed by atoms with E-state index in [1.54, 1.807) is 32.0 Å². The molecule has 4 aliphatic heterocycles. The third kappa shape index (κ3) is 3.21. The van der Waals surface area contributed by atoms with E-state index in [-0.39, 0.29) is 0 Å². The maximum atomic E-state index is 5.72. The standard InChI is InChI=1S/C15H16O2S6/c1-2-4-8-9(5-3-1)19-13-12(18-8)22-15(23-13)14-20-10-11(21-14)17-7-6-16-10/h8-9H,1-7H2/t8-,9+. The molecule has 0 saturated heterocycles. The molecule has 0 amide bonds. The van der Waals surface area contributed by atoms with E-state index < -0.39 is 0 Å². The monoisotopic (exact) mass is 420 g/mol. The first kappa shape index (κ1) is 16.1. The summed E-state index contributed by atoms with van der Waals surface area (Å²) in [6.45, 7) is 1.36. The minimum Gasteiger partial charge on any atom is -0.480 e. The molecule has 0 radical (unpaired) electrons. The number of fused-ring (bicyclic) bond motifs is 1. The van der Waals surface area contributed by atoms with Gasteiger partial charge in [0.2, 0.25) is 10.2 Å². The Morgan fingerprint density at radius 1 is 0.609 bits per heavy atom. The van der Waals surface area contributed by atoms with E-state index in [9.17, 15) is 0 Å². The average molecular weight is 421 g/mol. The zero-order chi connectivity index (χ0) is 15.2. The molecule has 5 aliphatic rings. The number of rotatable bonds is 0. The smallest absolute Gasteiger partial charge is 0.208 e. The van der Waals surface area contributed by atoms with Gasteiger partial charge in [-0.15, -0.1) is 23.5 Å². The lowest BCUT2D eigenvalue weighted by Crippen LogP contribution is -2.20. The Labute approximate surface area is 162 Å². The van der Waals surface area contributed by atoms with Gasteiger partial charge in [0.1, 0.15) is 13.2 Å². The Morgan fingerprint density at radius 2 is 1.13 bits per heavy atom. The molecule has 4 heterocycles. The van der Waals surface area contributed by atoms with Crippen molar-refractivity contribution in [3.63, 3.8) is 0 Å². The summed E-state index contributed by atoms with van der Waals surface area (Å²) in [5.74, 6) is 0. The van der Waals surface area contributed by atoms with Gasteiger partial charge in [-0.25, -0.2) is 0 Å². The zero-order valence-corrected chi connectivity index (χ0v) is 17.3. The van der Waals surface area contributed by atoms with Crippen LogP contribution >= 0.6 is 70.6 Å². The molecule has 2 atom stereocenters. The van der Waals surface area contributed by atoms with Crippen LogP contribution in [0, 0.1) is 0 Å². The lowest BCUT2D eigenvalue weighted by molar-refractivity contribution is 0.0949. The molecule has 0 aromatic heterocycles. The quantitative estimate of drug-likeness (QED) is 0.433. The molecular weight excluding hydrogens is 405 g/mol. The topological polar surface area (TPSA) is 18.5 Å². The normalized spacial score (nSPS) is 33.7. The Balaban J connectivity index is 1.32. The summed E-state index contributed by atoms with van der Waals surface area (Å²) in [7, 11) is 0. The third-order valence-electron chi connectivity index (χ3n) is 4.20. The lowest BCUT2D eigenvalue weighted by Gasteiger charge is -2.28. The Morgan fingerprint density at radius 3 is 1.70 bits per heavy atom.